The van der Waals surface area contributed by atoms with Gasteiger partial charge in [-0.2, -0.15) is 0 Å². The lowest BCUT2D eigenvalue weighted by Gasteiger charge is -2.18. The normalized spacial score (nSPS) is 12.0. The zero-order valence-corrected chi connectivity index (χ0v) is 11.5. The molecule has 104 valence electrons. The second kappa shape index (κ2) is 7.53. The molecule has 1 aromatic rings. The summed E-state index contributed by atoms with van der Waals surface area (Å²) in [5.74, 6) is -0.574. The second-order valence-electron chi connectivity index (χ2n) is 4.39. The Kier molecular flexibility index (Phi) is 6.02. The van der Waals surface area contributed by atoms with Gasteiger partial charge in [0.05, 0.1) is 6.10 Å². The molecule has 1 aromatic carbocycles. The van der Waals surface area contributed by atoms with Crippen LogP contribution >= 0.6 is 0 Å². The maximum absolute atomic E-state index is 11.8. The van der Waals surface area contributed by atoms with Crippen molar-refractivity contribution in [3.63, 3.8) is 0 Å². The number of amides is 2. The van der Waals surface area contributed by atoms with E-state index in [1.54, 1.807) is 12.1 Å². The first-order valence-corrected chi connectivity index (χ1v) is 6.22. The molecule has 0 unspecified atom stereocenters. The van der Waals surface area contributed by atoms with E-state index in [1.165, 1.54) is 7.05 Å². The molecule has 0 aliphatic heterocycles. The van der Waals surface area contributed by atoms with Crippen LogP contribution in [0.2, 0.25) is 0 Å². The van der Waals surface area contributed by atoms with Crippen LogP contribution in [-0.4, -0.2) is 31.6 Å². The molecule has 0 spiro atoms. The molecule has 0 aromatic heterocycles. The van der Waals surface area contributed by atoms with Crippen molar-refractivity contribution >= 4 is 11.8 Å². The Labute approximate surface area is 113 Å². The minimum Gasteiger partial charge on any atom is -0.369 e. The summed E-state index contributed by atoms with van der Waals surface area (Å²) >= 11 is 0. The van der Waals surface area contributed by atoms with Crippen molar-refractivity contribution in [3.05, 3.63) is 35.9 Å². The Bertz CT molecular complexity index is 418. The number of benzene rings is 1. The molecule has 2 N–H and O–H groups in total. The first-order valence-electron chi connectivity index (χ1n) is 6.22. The highest BCUT2D eigenvalue weighted by molar-refractivity contribution is 5.88. The highest BCUT2D eigenvalue weighted by atomic mass is 16.5. The molecule has 2 amide bonds. The molecule has 0 radical (unpaired) electrons. The van der Waals surface area contributed by atoms with Crippen molar-refractivity contribution < 1.29 is 14.3 Å². The standard InChI is InChI=1S/C14H20N2O3/c1-10(2)19-9-12(17)16-13(14(18)15-3)11-7-5-4-6-8-11/h4-8,10,13H,9H2,1-3H3,(H,15,18)(H,16,17)/t13-/m1/s1. The Hall–Kier alpha value is -1.88. The van der Waals surface area contributed by atoms with E-state index in [4.69, 9.17) is 4.74 Å². The quantitative estimate of drug-likeness (QED) is 0.806. The predicted octanol–water partition coefficient (Wildman–Crippen LogP) is 1.01. The summed E-state index contributed by atoms with van der Waals surface area (Å²) in [4.78, 5) is 23.6. The average Bonchev–Trinajstić information content (AvgIpc) is 2.42. The van der Waals surface area contributed by atoms with Crippen LogP contribution in [0.1, 0.15) is 25.5 Å². The van der Waals surface area contributed by atoms with Gasteiger partial charge in [-0.05, 0) is 19.4 Å². The van der Waals surface area contributed by atoms with Gasteiger partial charge >= 0.3 is 0 Å². The van der Waals surface area contributed by atoms with E-state index in [-0.39, 0.29) is 24.5 Å². The largest absolute Gasteiger partial charge is 0.369 e. The first kappa shape index (κ1) is 15.2. The Morgan fingerprint density at radius 3 is 2.37 bits per heavy atom. The van der Waals surface area contributed by atoms with E-state index in [9.17, 15) is 9.59 Å². The predicted molar refractivity (Wildman–Crippen MR) is 72.5 cm³/mol. The third-order valence-corrected chi connectivity index (χ3v) is 2.49. The van der Waals surface area contributed by atoms with Crippen molar-refractivity contribution in [1.82, 2.24) is 10.6 Å². The molecule has 1 rings (SSSR count). The topological polar surface area (TPSA) is 67.4 Å². The van der Waals surface area contributed by atoms with Gasteiger partial charge in [-0.3, -0.25) is 9.59 Å². The first-order chi connectivity index (χ1) is 9.04. The van der Waals surface area contributed by atoms with Crippen molar-refractivity contribution in [2.24, 2.45) is 0 Å². The summed E-state index contributed by atoms with van der Waals surface area (Å²) in [6.07, 6.45) is -0.0269. The summed E-state index contributed by atoms with van der Waals surface area (Å²) in [7, 11) is 1.54. The van der Waals surface area contributed by atoms with Crippen LogP contribution in [0.3, 0.4) is 0 Å². The van der Waals surface area contributed by atoms with Crippen molar-refractivity contribution in [2.45, 2.75) is 26.0 Å². The summed E-state index contributed by atoms with van der Waals surface area (Å²) in [5.41, 5.74) is 0.736. The third-order valence-electron chi connectivity index (χ3n) is 2.49. The monoisotopic (exact) mass is 264 g/mol. The van der Waals surface area contributed by atoms with Crippen LogP contribution in [0, 0.1) is 0 Å². The number of likely N-dealkylation sites (N-methyl/N-ethyl adjacent to an activating group) is 1. The van der Waals surface area contributed by atoms with Crippen molar-refractivity contribution in [3.8, 4) is 0 Å². The van der Waals surface area contributed by atoms with Crippen LogP contribution in [0.4, 0.5) is 0 Å². The highest BCUT2D eigenvalue weighted by Gasteiger charge is 2.21. The van der Waals surface area contributed by atoms with E-state index in [0.29, 0.717) is 0 Å². The van der Waals surface area contributed by atoms with E-state index < -0.39 is 6.04 Å². The van der Waals surface area contributed by atoms with Crippen LogP contribution in [-0.2, 0) is 14.3 Å². The SMILES string of the molecule is CNC(=O)[C@H](NC(=O)COC(C)C)c1ccccc1. The third kappa shape index (κ3) is 5.09. The van der Waals surface area contributed by atoms with Gasteiger partial charge in [0.2, 0.25) is 11.8 Å². The van der Waals surface area contributed by atoms with E-state index in [2.05, 4.69) is 10.6 Å². The Balaban J connectivity index is 2.71. The Morgan fingerprint density at radius 1 is 1.21 bits per heavy atom. The minimum atomic E-state index is -0.700. The van der Waals surface area contributed by atoms with Gasteiger partial charge in [-0.15, -0.1) is 0 Å². The fourth-order valence-corrected chi connectivity index (χ4v) is 1.54. The molecule has 0 saturated heterocycles. The number of hydrogen-bond acceptors (Lipinski definition) is 3. The summed E-state index contributed by atoms with van der Waals surface area (Å²) in [6.45, 7) is 3.64. The fraction of sp³-hybridized carbons (Fsp3) is 0.429. The molecule has 0 heterocycles. The molecule has 1 atom stereocenters. The van der Waals surface area contributed by atoms with Gasteiger partial charge < -0.3 is 15.4 Å². The molecular weight excluding hydrogens is 244 g/mol. The summed E-state index contributed by atoms with van der Waals surface area (Å²) < 4.78 is 5.21. The maximum Gasteiger partial charge on any atom is 0.246 e. The molecule has 0 saturated carbocycles. The zero-order valence-electron chi connectivity index (χ0n) is 11.5. The molecule has 5 nitrogen and oxygen atoms in total. The van der Waals surface area contributed by atoms with Gasteiger partial charge in [0.25, 0.3) is 0 Å². The van der Waals surface area contributed by atoms with Gasteiger partial charge in [-0.1, -0.05) is 30.3 Å². The molecule has 0 bridgehead atoms. The number of carbonyl (C=O) groups is 2. The average molecular weight is 264 g/mol. The zero-order chi connectivity index (χ0) is 14.3. The highest BCUT2D eigenvalue weighted by Crippen LogP contribution is 2.12. The minimum absolute atomic E-state index is 0.0269. The molecule has 0 aliphatic carbocycles. The van der Waals surface area contributed by atoms with Gasteiger partial charge in [0.1, 0.15) is 12.6 Å². The number of nitrogens with one attached hydrogen (secondary N) is 2. The maximum atomic E-state index is 11.8. The smallest absolute Gasteiger partial charge is 0.246 e. The van der Waals surface area contributed by atoms with Crippen LogP contribution < -0.4 is 10.6 Å². The van der Waals surface area contributed by atoms with Gasteiger partial charge in [-0.25, -0.2) is 0 Å². The van der Waals surface area contributed by atoms with Gasteiger partial charge in [0.15, 0.2) is 0 Å². The van der Waals surface area contributed by atoms with Crippen LogP contribution in [0.5, 0.6) is 0 Å². The van der Waals surface area contributed by atoms with Crippen molar-refractivity contribution in [2.75, 3.05) is 13.7 Å². The number of hydrogen-bond donors (Lipinski definition) is 2. The molecule has 19 heavy (non-hydrogen) atoms. The lowest BCUT2D eigenvalue weighted by atomic mass is 10.1. The van der Waals surface area contributed by atoms with E-state index >= 15 is 0 Å². The molecule has 5 heteroatoms. The van der Waals surface area contributed by atoms with Crippen LogP contribution in [0.25, 0.3) is 0 Å². The lowest BCUT2D eigenvalue weighted by Crippen LogP contribution is -2.40. The second-order valence-corrected chi connectivity index (χ2v) is 4.39. The molecule has 0 fully saturated rings. The fourth-order valence-electron chi connectivity index (χ4n) is 1.54. The van der Waals surface area contributed by atoms with E-state index in [1.807, 2.05) is 32.0 Å². The molecule has 0 aliphatic rings. The summed E-state index contributed by atoms with van der Waals surface area (Å²) in [6, 6.07) is 8.39. The van der Waals surface area contributed by atoms with E-state index in [0.717, 1.165) is 5.56 Å². The summed E-state index contributed by atoms with van der Waals surface area (Å²) in [5, 5.41) is 5.20. The van der Waals surface area contributed by atoms with Crippen LogP contribution in [0.15, 0.2) is 30.3 Å². The molecular formula is C14H20N2O3. The number of carbonyl (C=O) groups excluding carboxylic acids is 2. The number of rotatable bonds is 6. The Morgan fingerprint density at radius 2 is 1.84 bits per heavy atom. The van der Waals surface area contributed by atoms with Crippen molar-refractivity contribution in [1.29, 1.82) is 0 Å². The number of ether oxygens (including phenoxy) is 1. The van der Waals surface area contributed by atoms with Gasteiger partial charge in [0, 0.05) is 7.05 Å². The lowest BCUT2D eigenvalue weighted by molar-refractivity contribution is -0.132.